The van der Waals surface area contributed by atoms with Gasteiger partial charge in [0, 0.05) is 58.2 Å². The van der Waals surface area contributed by atoms with Gasteiger partial charge in [0.15, 0.2) is 0 Å². The summed E-state index contributed by atoms with van der Waals surface area (Å²) < 4.78 is 5.04. The molecule has 6 nitrogen and oxygen atoms in total. The van der Waals surface area contributed by atoms with Crippen molar-refractivity contribution in [3.63, 3.8) is 0 Å². The molecule has 2 rings (SSSR count). The molecule has 1 aliphatic heterocycles. The third kappa shape index (κ3) is 4.31. The molecule has 1 fully saturated rings. The van der Waals surface area contributed by atoms with E-state index in [1.165, 1.54) is 0 Å². The zero-order valence-electron chi connectivity index (χ0n) is 12.7. The van der Waals surface area contributed by atoms with E-state index >= 15 is 0 Å². The van der Waals surface area contributed by atoms with Crippen molar-refractivity contribution in [3.8, 4) is 0 Å². The molecule has 1 saturated heterocycles. The van der Waals surface area contributed by atoms with Crippen molar-refractivity contribution in [1.29, 1.82) is 0 Å². The minimum Gasteiger partial charge on any atom is -0.385 e. The molecule has 0 atom stereocenters. The number of likely N-dealkylation sites (N-methyl/N-ethyl adjacent to an activating group) is 1. The van der Waals surface area contributed by atoms with Crippen LogP contribution in [-0.2, 0) is 4.74 Å². The number of piperazine rings is 1. The van der Waals surface area contributed by atoms with Crippen LogP contribution in [0, 0.1) is 6.92 Å². The molecule has 20 heavy (non-hydrogen) atoms. The summed E-state index contributed by atoms with van der Waals surface area (Å²) >= 11 is 0. The van der Waals surface area contributed by atoms with Gasteiger partial charge in [-0.05, 0) is 20.4 Å². The maximum absolute atomic E-state index is 5.04. The van der Waals surface area contributed by atoms with Gasteiger partial charge < -0.3 is 19.9 Å². The second kappa shape index (κ2) is 7.40. The van der Waals surface area contributed by atoms with Crippen LogP contribution in [0.2, 0.25) is 0 Å². The van der Waals surface area contributed by atoms with E-state index in [4.69, 9.17) is 4.74 Å². The van der Waals surface area contributed by atoms with Crippen molar-refractivity contribution in [2.45, 2.75) is 13.3 Å². The van der Waals surface area contributed by atoms with E-state index in [-0.39, 0.29) is 0 Å². The molecular formula is C14H25N5O. The summed E-state index contributed by atoms with van der Waals surface area (Å²) in [6.07, 6.45) is 0.956. The van der Waals surface area contributed by atoms with Crippen molar-refractivity contribution < 1.29 is 4.74 Å². The lowest BCUT2D eigenvalue weighted by Gasteiger charge is -2.33. The fourth-order valence-electron chi connectivity index (χ4n) is 2.25. The van der Waals surface area contributed by atoms with E-state index < -0.39 is 0 Å². The van der Waals surface area contributed by atoms with Crippen molar-refractivity contribution >= 4 is 11.8 Å². The topological polar surface area (TPSA) is 53.5 Å². The van der Waals surface area contributed by atoms with Gasteiger partial charge in [0.25, 0.3) is 0 Å². The smallest absolute Gasteiger partial charge is 0.224 e. The van der Waals surface area contributed by atoms with Gasteiger partial charge in [0.1, 0.15) is 5.82 Å². The van der Waals surface area contributed by atoms with Crippen LogP contribution in [-0.4, -0.2) is 68.4 Å². The van der Waals surface area contributed by atoms with Crippen LogP contribution in [0.15, 0.2) is 6.07 Å². The monoisotopic (exact) mass is 279 g/mol. The summed E-state index contributed by atoms with van der Waals surface area (Å²) in [7, 11) is 3.87. The van der Waals surface area contributed by atoms with Crippen molar-refractivity contribution in [1.82, 2.24) is 14.9 Å². The van der Waals surface area contributed by atoms with Crippen LogP contribution in [0.1, 0.15) is 12.1 Å². The van der Waals surface area contributed by atoms with Gasteiger partial charge >= 0.3 is 0 Å². The first kappa shape index (κ1) is 15.0. The highest BCUT2D eigenvalue weighted by Crippen LogP contribution is 2.16. The van der Waals surface area contributed by atoms with Gasteiger partial charge in [-0.3, -0.25) is 0 Å². The lowest BCUT2D eigenvalue weighted by atomic mass is 10.3. The molecule has 0 bridgehead atoms. The Balaban J connectivity index is 1.97. The van der Waals surface area contributed by atoms with Crippen molar-refractivity contribution in [3.05, 3.63) is 11.8 Å². The highest BCUT2D eigenvalue weighted by atomic mass is 16.5. The summed E-state index contributed by atoms with van der Waals surface area (Å²) in [6, 6.07) is 2.06. The summed E-state index contributed by atoms with van der Waals surface area (Å²) in [5.41, 5.74) is 1.00. The summed E-state index contributed by atoms with van der Waals surface area (Å²) in [4.78, 5) is 13.7. The van der Waals surface area contributed by atoms with Gasteiger partial charge in [0.2, 0.25) is 5.95 Å². The van der Waals surface area contributed by atoms with Gasteiger partial charge in [0.05, 0.1) is 0 Å². The predicted octanol–water partition coefficient (Wildman–Crippen LogP) is 0.985. The van der Waals surface area contributed by atoms with E-state index in [9.17, 15) is 0 Å². The van der Waals surface area contributed by atoms with Gasteiger partial charge in [-0.15, -0.1) is 0 Å². The van der Waals surface area contributed by atoms with Crippen LogP contribution >= 0.6 is 0 Å². The Kier molecular flexibility index (Phi) is 5.55. The molecule has 0 amide bonds. The lowest BCUT2D eigenvalue weighted by molar-refractivity contribution is 0.197. The third-order valence-electron chi connectivity index (χ3n) is 3.48. The van der Waals surface area contributed by atoms with Gasteiger partial charge in [-0.2, -0.15) is 4.98 Å². The molecule has 0 aromatic carbocycles. The quantitative estimate of drug-likeness (QED) is 0.784. The molecular weight excluding hydrogens is 254 g/mol. The Labute approximate surface area is 121 Å². The molecule has 0 saturated carbocycles. The third-order valence-corrected chi connectivity index (χ3v) is 3.48. The fraction of sp³-hybridized carbons (Fsp3) is 0.714. The lowest BCUT2D eigenvalue weighted by Crippen LogP contribution is -2.44. The molecule has 1 N–H and O–H groups in total. The van der Waals surface area contributed by atoms with E-state index in [1.807, 2.05) is 6.92 Å². The molecule has 1 aromatic rings. The van der Waals surface area contributed by atoms with Crippen LogP contribution in [0.25, 0.3) is 0 Å². The van der Waals surface area contributed by atoms with Crippen LogP contribution in [0.5, 0.6) is 0 Å². The Bertz CT molecular complexity index is 418. The number of anilines is 2. The second-order valence-electron chi connectivity index (χ2n) is 5.25. The normalized spacial score (nSPS) is 16.4. The SMILES string of the molecule is COCCCNc1nc(C)cc(N2CCN(C)CC2)n1. The number of hydrogen-bond donors (Lipinski definition) is 1. The van der Waals surface area contributed by atoms with Crippen LogP contribution < -0.4 is 10.2 Å². The number of nitrogens with zero attached hydrogens (tertiary/aromatic N) is 4. The average Bonchev–Trinajstić information content (AvgIpc) is 2.44. The van der Waals surface area contributed by atoms with E-state index in [0.29, 0.717) is 0 Å². The first-order valence-electron chi connectivity index (χ1n) is 7.21. The maximum Gasteiger partial charge on any atom is 0.224 e. The Morgan fingerprint density at radius 1 is 1.25 bits per heavy atom. The number of hydrogen-bond acceptors (Lipinski definition) is 6. The Morgan fingerprint density at radius 3 is 2.70 bits per heavy atom. The molecule has 0 aliphatic carbocycles. The van der Waals surface area contributed by atoms with Gasteiger partial charge in [-0.1, -0.05) is 0 Å². The molecule has 112 valence electrons. The van der Waals surface area contributed by atoms with Crippen LogP contribution in [0.4, 0.5) is 11.8 Å². The largest absolute Gasteiger partial charge is 0.385 e. The molecule has 2 heterocycles. The summed E-state index contributed by atoms with van der Waals surface area (Å²) in [5.74, 6) is 1.75. The minimum absolute atomic E-state index is 0.718. The first-order valence-corrected chi connectivity index (χ1v) is 7.21. The molecule has 0 radical (unpaired) electrons. The predicted molar refractivity (Wildman–Crippen MR) is 81.5 cm³/mol. The number of nitrogens with one attached hydrogen (secondary N) is 1. The van der Waals surface area contributed by atoms with Crippen molar-refractivity contribution in [2.24, 2.45) is 0 Å². The van der Waals surface area contributed by atoms with E-state index in [1.54, 1.807) is 7.11 Å². The molecule has 1 aliphatic rings. The number of aromatic nitrogens is 2. The number of aryl methyl sites for hydroxylation is 1. The number of rotatable bonds is 6. The average molecular weight is 279 g/mol. The summed E-state index contributed by atoms with van der Waals surface area (Å²) in [5, 5.41) is 3.27. The molecule has 1 aromatic heterocycles. The number of methoxy groups -OCH3 is 1. The van der Waals surface area contributed by atoms with Crippen LogP contribution in [0.3, 0.4) is 0 Å². The summed E-state index contributed by atoms with van der Waals surface area (Å²) in [6.45, 7) is 7.82. The second-order valence-corrected chi connectivity index (χ2v) is 5.25. The van der Waals surface area contributed by atoms with Gasteiger partial charge in [-0.25, -0.2) is 4.98 Å². The first-order chi connectivity index (χ1) is 9.69. The Morgan fingerprint density at radius 2 is 2.00 bits per heavy atom. The van der Waals surface area contributed by atoms with E-state index in [0.717, 1.165) is 63.2 Å². The highest BCUT2D eigenvalue weighted by Gasteiger charge is 2.16. The molecule has 6 heteroatoms. The fourth-order valence-corrected chi connectivity index (χ4v) is 2.25. The minimum atomic E-state index is 0.718. The standard InChI is InChI=1S/C14H25N5O/c1-12-11-13(19-8-6-18(2)7-9-19)17-14(16-12)15-5-4-10-20-3/h11H,4-10H2,1-3H3,(H,15,16,17). The zero-order chi connectivity index (χ0) is 14.4. The zero-order valence-corrected chi connectivity index (χ0v) is 12.7. The number of ether oxygens (including phenoxy) is 1. The molecule has 0 spiro atoms. The molecule has 0 unspecified atom stereocenters. The van der Waals surface area contributed by atoms with Crippen molar-refractivity contribution in [2.75, 3.05) is 63.7 Å². The highest BCUT2D eigenvalue weighted by molar-refractivity contribution is 5.45. The maximum atomic E-state index is 5.04. The Hall–Kier alpha value is -1.40. The van der Waals surface area contributed by atoms with E-state index in [2.05, 4.69) is 38.2 Å².